The van der Waals surface area contributed by atoms with E-state index in [1.54, 1.807) is 7.11 Å². The number of aryl methyl sites for hydroxylation is 1. The molecule has 0 bridgehead atoms. The molecule has 2 aromatic heterocycles. The number of ether oxygens (including phenoxy) is 2. The van der Waals surface area contributed by atoms with Crippen molar-refractivity contribution in [3.63, 3.8) is 0 Å². The first-order valence-electron chi connectivity index (χ1n) is 13.9. The van der Waals surface area contributed by atoms with Crippen LogP contribution in [0.5, 0.6) is 5.75 Å². The third-order valence-corrected chi connectivity index (χ3v) is 7.31. The highest BCUT2D eigenvalue weighted by atomic mass is 16.5. The van der Waals surface area contributed by atoms with Crippen LogP contribution in [0.1, 0.15) is 25.2 Å². The standard InChI is InChI=1S/C32H35N7O2/c1-22-33-27-14-7-8-15-28(27)39(22)31-35-29(34-30(36-31)38-16-18-41-19-17-38)37-32(2,3)21-24-10-5-6-13-26(24)23-11-9-12-25(20-23)40-4/h5-15,20H,16-19,21H2,1-4H3,(H,34,35,36,37). The van der Waals surface area contributed by atoms with Gasteiger partial charge in [0.1, 0.15) is 11.6 Å². The van der Waals surface area contributed by atoms with E-state index in [-0.39, 0.29) is 5.54 Å². The Balaban J connectivity index is 1.36. The lowest BCUT2D eigenvalue weighted by atomic mass is 9.89. The van der Waals surface area contributed by atoms with Crippen LogP contribution in [0.25, 0.3) is 28.1 Å². The highest BCUT2D eigenvalue weighted by molar-refractivity contribution is 5.77. The second-order valence-corrected chi connectivity index (χ2v) is 10.9. The second kappa shape index (κ2) is 11.2. The van der Waals surface area contributed by atoms with Gasteiger partial charge in [-0.15, -0.1) is 0 Å². The van der Waals surface area contributed by atoms with Crippen molar-refractivity contribution in [2.45, 2.75) is 32.7 Å². The molecule has 0 amide bonds. The van der Waals surface area contributed by atoms with Crippen molar-refractivity contribution in [2.75, 3.05) is 43.6 Å². The number of rotatable bonds is 8. The number of fused-ring (bicyclic) bond motifs is 1. The van der Waals surface area contributed by atoms with Crippen LogP contribution in [0.3, 0.4) is 0 Å². The van der Waals surface area contributed by atoms with Gasteiger partial charge in [0.25, 0.3) is 0 Å². The summed E-state index contributed by atoms with van der Waals surface area (Å²) in [6.45, 7) is 9.06. The molecule has 0 aliphatic carbocycles. The van der Waals surface area contributed by atoms with Crippen molar-refractivity contribution in [3.05, 3.63) is 84.2 Å². The van der Waals surface area contributed by atoms with Gasteiger partial charge in [-0.05, 0) is 68.1 Å². The molecule has 0 unspecified atom stereocenters. The summed E-state index contributed by atoms with van der Waals surface area (Å²) in [4.78, 5) is 21.6. The Morgan fingerprint density at radius 2 is 1.63 bits per heavy atom. The normalized spacial score (nSPS) is 13.9. The minimum atomic E-state index is -0.373. The molecule has 3 heterocycles. The van der Waals surface area contributed by atoms with Crippen molar-refractivity contribution in [3.8, 4) is 22.8 Å². The number of hydrogen-bond donors (Lipinski definition) is 1. The lowest BCUT2D eigenvalue weighted by Crippen LogP contribution is -2.38. The lowest BCUT2D eigenvalue weighted by molar-refractivity contribution is 0.122. The van der Waals surface area contributed by atoms with Gasteiger partial charge in [-0.25, -0.2) is 4.98 Å². The summed E-state index contributed by atoms with van der Waals surface area (Å²) in [6.07, 6.45) is 0.751. The molecule has 1 fully saturated rings. The first-order valence-corrected chi connectivity index (χ1v) is 13.9. The third-order valence-electron chi connectivity index (χ3n) is 7.31. The predicted molar refractivity (Wildman–Crippen MR) is 162 cm³/mol. The van der Waals surface area contributed by atoms with Crippen molar-refractivity contribution in [1.29, 1.82) is 0 Å². The summed E-state index contributed by atoms with van der Waals surface area (Å²) in [5.41, 5.74) is 5.01. The molecule has 0 atom stereocenters. The molecular weight excluding hydrogens is 514 g/mol. The van der Waals surface area contributed by atoms with Gasteiger partial charge in [0.05, 0.1) is 31.4 Å². The maximum absolute atomic E-state index is 5.59. The zero-order chi connectivity index (χ0) is 28.4. The van der Waals surface area contributed by atoms with Crippen molar-refractivity contribution in [2.24, 2.45) is 0 Å². The van der Waals surface area contributed by atoms with Crippen LogP contribution in [-0.4, -0.2) is 63.5 Å². The Labute approximate surface area is 240 Å². The van der Waals surface area contributed by atoms with Gasteiger partial charge in [-0.2, -0.15) is 15.0 Å². The fourth-order valence-electron chi connectivity index (χ4n) is 5.38. The number of nitrogens with one attached hydrogen (secondary N) is 1. The molecule has 41 heavy (non-hydrogen) atoms. The maximum atomic E-state index is 5.59. The predicted octanol–water partition coefficient (Wildman–Crippen LogP) is 5.46. The molecule has 0 spiro atoms. The minimum Gasteiger partial charge on any atom is -0.497 e. The van der Waals surface area contributed by atoms with Crippen LogP contribution in [-0.2, 0) is 11.2 Å². The van der Waals surface area contributed by atoms with Gasteiger partial charge in [-0.3, -0.25) is 4.57 Å². The highest BCUT2D eigenvalue weighted by Crippen LogP contribution is 2.30. The van der Waals surface area contributed by atoms with Crippen LogP contribution >= 0.6 is 0 Å². The zero-order valence-corrected chi connectivity index (χ0v) is 24.0. The second-order valence-electron chi connectivity index (χ2n) is 10.9. The number of imidazole rings is 1. The largest absolute Gasteiger partial charge is 0.497 e. The van der Waals surface area contributed by atoms with Gasteiger partial charge in [0.15, 0.2) is 0 Å². The van der Waals surface area contributed by atoms with Crippen molar-refractivity contribution < 1.29 is 9.47 Å². The first-order chi connectivity index (χ1) is 19.9. The van der Waals surface area contributed by atoms with E-state index in [4.69, 9.17) is 29.4 Å². The molecule has 0 radical (unpaired) electrons. The zero-order valence-electron chi connectivity index (χ0n) is 24.0. The van der Waals surface area contributed by atoms with Gasteiger partial charge in [0, 0.05) is 18.6 Å². The topological polar surface area (TPSA) is 90.2 Å². The van der Waals surface area contributed by atoms with Crippen LogP contribution in [0.15, 0.2) is 72.8 Å². The summed E-state index contributed by atoms with van der Waals surface area (Å²) < 4.78 is 13.1. The summed E-state index contributed by atoms with van der Waals surface area (Å²) in [6, 6.07) is 24.7. The van der Waals surface area contributed by atoms with Crippen LogP contribution in [0, 0.1) is 6.92 Å². The SMILES string of the molecule is COc1cccc(-c2ccccc2CC(C)(C)Nc2nc(N3CCOCC3)nc(-n3c(C)nc4ccccc43)n2)c1. The van der Waals surface area contributed by atoms with Gasteiger partial charge in [-0.1, -0.05) is 48.5 Å². The fourth-order valence-corrected chi connectivity index (χ4v) is 5.38. The van der Waals surface area contributed by atoms with Crippen molar-refractivity contribution in [1.82, 2.24) is 24.5 Å². The monoisotopic (exact) mass is 549 g/mol. The van der Waals surface area contributed by atoms with E-state index < -0.39 is 0 Å². The Morgan fingerprint density at radius 3 is 2.46 bits per heavy atom. The Hall–Kier alpha value is -4.50. The van der Waals surface area contributed by atoms with Crippen LogP contribution in [0.2, 0.25) is 0 Å². The number of methoxy groups -OCH3 is 1. The minimum absolute atomic E-state index is 0.373. The van der Waals surface area contributed by atoms with Gasteiger partial charge in [0.2, 0.25) is 17.8 Å². The van der Waals surface area contributed by atoms with E-state index in [9.17, 15) is 0 Å². The fraction of sp³-hybridized carbons (Fsp3) is 0.312. The molecule has 210 valence electrons. The summed E-state index contributed by atoms with van der Waals surface area (Å²) in [5.74, 6) is 3.36. The van der Waals surface area contributed by atoms with E-state index in [0.717, 1.165) is 47.7 Å². The highest BCUT2D eigenvalue weighted by Gasteiger charge is 2.25. The molecule has 1 saturated heterocycles. The molecule has 3 aromatic carbocycles. The Bertz CT molecular complexity index is 1670. The molecule has 6 rings (SSSR count). The van der Waals surface area contributed by atoms with E-state index in [2.05, 4.69) is 60.5 Å². The smallest absolute Gasteiger partial charge is 0.242 e. The van der Waals surface area contributed by atoms with Crippen LogP contribution < -0.4 is 15.0 Å². The molecule has 0 saturated carbocycles. The van der Waals surface area contributed by atoms with E-state index in [0.29, 0.717) is 31.1 Å². The van der Waals surface area contributed by atoms with Crippen molar-refractivity contribution >= 4 is 22.9 Å². The number of aromatic nitrogens is 5. The number of benzene rings is 3. The lowest BCUT2D eigenvalue weighted by Gasteiger charge is -2.30. The third kappa shape index (κ3) is 5.71. The van der Waals surface area contributed by atoms with Crippen LogP contribution in [0.4, 0.5) is 11.9 Å². The Morgan fingerprint density at radius 1 is 0.878 bits per heavy atom. The van der Waals surface area contributed by atoms with Gasteiger partial charge < -0.3 is 19.7 Å². The molecule has 1 N–H and O–H groups in total. The average Bonchev–Trinajstić information content (AvgIpc) is 3.33. The van der Waals surface area contributed by atoms with E-state index >= 15 is 0 Å². The molecule has 9 nitrogen and oxygen atoms in total. The molecule has 1 aliphatic heterocycles. The molecule has 9 heteroatoms. The summed E-state index contributed by atoms with van der Waals surface area (Å²) in [5, 5.41) is 3.64. The quantitative estimate of drug-likeness (QED) is 0.273. The summed E-state index contributed by atoms with van der Waals surface area (Å²) in [7, 11) is 1.69. The molecular formula is C32H35N7O2. The molecule has 5 aromatic rings. The number of hydrogen-bond acceptors (Lipinski definition) is 8. The number of nitrogens with zero attached hydrogens (tertiary/aromatic N) is 6. The number of para-hydroxylation sites is 2. The maximum Gasteiger partial charge on any atom is 0.242 e. The van der Waals surface area contributed by atoms with E-state index in [1.165, 1.54) is 11.1 Å². The number of anilines is 2. The van der Waals surface area contributed by atoms with Gasteiger partial charge >= 0.3 is 0 Å². The number of morpholine rings is 1. The summed E-state index contributed by atoms with van der Waals surface area (Å²) >= 11 is 0. The Kier molecular flexibility index (Phi) is 7.28. The van der Waals surface area contributed by atoms with E-state index in [1.807, 2.05) is 47.9 Å². The first kappa shape index (κ1) is 26.7. The molecule has 1 aliphatic rings. The average molecular weight is 550 g/mol.